The van der Waals surface area contributed by atoms with Crippen LogP contribution in [-0.2, 0) is 14.8 Å². The van der Waals surface area contributed by atoms with E-state index in [1.807, 2.05) is 18.0 Å². The van der Waals surface area contributed by atoms with Crippen LogP contribution in [0.25, 0.3) is 0 Å². The molecule has 0 aromatic carbocycles. The second kappa shape index (κ2) is 3.73. The quantitative estimate of drug-likeness (QED) is 0.746. The highest BCUT2D eigenvalue weighted by Crippen LogP contribution is 2.57. The van der Waals surface area contributed by atoms with Crippen LogP contribution in [0.2, 0.25) is 0 Å². The molecule has 0 unspecified atom stereocenters. The zero-order chi connectivity index (χ0) is 15.2. The van der Waals surface area contributed by atoms with Crippen molar-refractivity contribution in [2.75, 3.05) is 7.05 Å². The maximum atomic E-state index is 12.4. The Bertz CT molecular complexity index is 631. The molecule has 1 aromatic rings. The molecule has 0 atom stereocenters. The molecule has 112 valence electrons. The third-order valence-corrected chi connectivity index (χ3v) is 6.91. The molecule has 3 heterocycles. The van der Waals surface area contributed by atoms with Crippen molar-refractivity contribution >= 4 is 29.1 Å². The molecule has 1 amide bonds. The van der Waals surface area contributed by atoms with E-state index in [9.17, 15) is 4.79 Å². The van der Waals surface area contributed by atoms with Crippen molar-refractivity contribution in [1.82, 2.24) is 4.90 Å². The van der Waals surface area contributed by atoms with E-state index in [2.05, 4.69) is 27.7 Å². The summed E-state index contributed by atoms with van der Waals surface area (Å²) in [5, 5.41) is 0. The molecule has 1 aliphatic carbocycles. The molecule has 4 nitrogen and oxygen atoms in total. The standard InChI is InChI=1S/C15H20BNO3S/c1-13(2)14(3,4)20-16(19-13)10-8-9-11(21-10)15(6-7-15)17(5)12(9)18/h8H,6-7H2,1-5H3. The molecule has 3 aliphatic rings. The fourth-order valence-electron chi connectivity index (χ4n) is 3.20. The molecule has 0 bridgehead atoms. The van der Waals surface area contributed by atoms with Crippen molar-refractivity contribution in [3.8, 4) is 0 Å². The zero-order valence-corrected chi connectivity index (χ0v) is 14.0. The lowest BCUT2D eigenvalue weighted by molar-refractivity contribution is 0.00578. The summed E-state index contributed by atoms with van der Waals surface area (Å²) < 4.78 is 13.2. The molecule has 1 saturated carbocycles. The molecule has 0 radical (unpaired) electrons. The van der Waals surface area contributed by atoms with Crippen LogP contribution in [0.5, 0.6) is 0 Å². The Hall–Kier alpha value is -0.845. The number of carbonyl (C=O) groups excluding carboxylic acids is 1. The number of thiophene rings is 1. The van der Waals surface area contributed by atoms with Gasteiger partial charge >= 0.3 is 7.12 Å². The summed E-state index contributed by atoms with van der Waals surface area (Å²) in [6.07, 6.45) is 2.15. The smallest absolute Gasteiger partial charge is 0.399 e. The lowest BCUT2D eigenvalue weighted by atomic mass is 9.87. The van der Waals surface area contributed by atoms with Gasteiger partial charge < -0.3 is 14.2 Å². The van der Waals surface area contributed by atoms with Gasteiger partial charge in [0.05, 0.1) is 22.3 Å². The summed E-state index contributed by atoms with van der Waals surface area (Å²) >= 11 is 1.69. The lowest BCUT2D eigenvalue weighted by Gasteiger charge is -2.32. The maximum Gasteiger partial charge on any atom is 0.505 e. The lowest BCUT2D eigenvalue weighted by Crippen LogP contribution is -2.41. The first-order valence-corrected chi connectivity index (χ1v) is 8.28. The first kappa shape index (κ1) is 13.8. The SMILES string of the molecule is CN1C(=O)c2cc(B3OC(C)(C)C(C)(C)O3)sc2C12CC2. The van der Waals surface area contributed by atoms with Gasteiger partial charge in [-0.25, -0.2) is 0 Å². The van der Waals surface area contributed by atoms with Crippen LogP contribution in [0.15, 0.2) is 6.07 Å². The van der Waals surface area contributed by atoms with Crippen LogP contribution in [-0.4, -0.2) is 36.2 Å². The van der Waals surface area contributed by atoms with Gasteiger partial charge in [-0.3, -0.25) is 4.79 Å². The molecule has 1 aromatic heterocycles. The summed E-state index contributed by atoms with van der Waals surface area (Å²) in [5.41, 5.74) is 0.151. The van der Waals surface area contributed by atoms with Crippen molar-refractivity contribution in [1.29, 1.82) is 0 Å². The van der Waals surface area contributed by atoms with Crippen LogP contribution in [0.4, 0.5) is 0 Å². The second-order valence-corrected chi connectivity index (χ2v) is 8.46. The third-order valence-electron chi connectivity index (χ3n) is 5.56. The fourth-order valence-corrected chi connectivity index (χ4v) is 4.59. The summed E-state index contributed by atoms with van der Waals surface area (Å²) in [6.45, 7) is 8.20. The predicted octanol–water partition coefficient (Wildman–Crippen LogP) is 2.12. The third kappa shape index (κ3) is 1.61. The van der Waals surface area contributed by atoms with Crippen LogP contribution >= 0.6 is 11.3 Å². The monoisotopic (exact) mass is 305 g/mol. The molecule has 4 rings (SSSR count). The topological polar surface area (TPSA) is 38.8 Å². The van der Waals surface area contributed by atoms with Crippen LogP contribution in [0.1, 0.15) is 55.8 Å². The van der Waals surface area contributed by atoms with E-state index >= 15 is 0 Å². The molecule has 6 heteroatoms. The van der Waals surface area contributed by atoms with Gasteiger partial charge in [-0.2, -0.15) is 0 Å². The number of carbonyl (C=O) groups is 1. The van der Waals surface area contributed by atoms with E-state index in [4.69, 9.17) is 9.31 Å². The summed E-state index contributed by atoms with van der Waals surface area (Å²) in [6, 6.07) is 1.98. The Kier molecular flexibility index (Phi) is 2.45. The summed E-state index contributed by atoms with van der Waals surface area (Å²) in [5.74, 6) is 0.140. The van der Waals surface area contributed by atoms with E-state index in [0.29, 0.717) is 0 Å². The van der Waals surface area contributed by atoms with Gasteiger partial charge in [0.1, 0.15) is 0 Å². The minimum absolute atomic E-state index is 0.0149. The molecule has 1 spiro atoms. The van der Waals surface area contributed by atoms with E-state index < -0.39 is 0 Å². The normalized spacial score (nSPS) is 27.6. The van der Waals surface area contributed by atoms with Crippen LogP contribution < -0.4 is 4.78 Å². The van der Waals surface area contributed by atoms with Crippen molar-refractivity contribution in [3.63, 3.8) is 0 Å². The second-order valence-electron chi connectivity index (χ2n) is 7.38. The highest BCUT2D eigenvalue weighted by Gasteiger charge is 2.59. The molecule has 2 aliphatic heterocycles. The molecule has 2 fully saturated rings. The number of hydrogen-bond donors (Lipinski definition) is 0. The molecule has 21 heavy (non-hydrogen) atoms. The van der Waals surface area contributed by atoms with Gasteiger partial charge in [-0.15, -0.1) is 11.3 Å². The number of amides is 1. The van der Waals surface area contributed by atoms with Crippen LogP contribution in [0.3, 0.4) is 0 Å². The Morgan fingerprint density at radius 3 is 2.29 bits per heavy atom. The number of rotatable bonds is 1. The zero-order valence-electron chi connectivity index (χ0n) is 13.1. The Morgan fingerprint density at radius 2 is 1.76 bits per heavy atom. The summed E-state index contributed by atoms with van der Waals surface area (Å²) in [4.78, 5) is 15.5. The van der Waals surface area contributed by atoms with Gasteiger partial charge in [-0.05, 0) is 46.6 Å². The molecular formula is C15H20BNO3S. The molecule has 1 saturated heterocycles. The Morgan fingerprint density at radius 1 is 1.19 bits per heavy atom. The number of hydrogen-bond acceptors (Lipinski definition) is 4. The Labute approximate surface area is 129 Å². The van der Waals surface area contributed by atoms with Crippen molar-refractivity contribution < 1.29 is 14.1 Å². The maximum absolute atomic E-state index is 12.4. The minimum atomic E-state index is -0.362. The fraction of sp³-hybridized carbons (Fsp3) is 0.667. The average molecular weight is 305 g/mol. The average Bonchev–Trinajstić information content (AvgIpc) is 2.96. The Balaban J connectivity index is 1.70. The first-order chi connectivity index (χ1) is 9.68. The van der Waals surface area contributed by atoms with Gasteiger partial charge in [-0.1, -0.05) is 0 Å². The largest absolute Gasteiger partial charge is 0.505 e. The van der Waals surface area contributed by atoms with E-state index in [0.717, 1.165) is 23.2 Å². The summed E-state index contributed by atoms with van der Waals surface area (Å²) in [7, 11) is 1.55. The van der Waals surface area contributed by atoms with Crippen LogP contribution in [0, 0.1) is 0 Å². The predicted molar refractivity (Wildman–Crippen MR) is 83.0 cm³/mol. The van der Waals surface area contributed by atoms with Gasteiger partial charge in [0.15, 0.2) is 0 Å². The molecule has 0 N–H and O–H groups in total. The minimum Gasteiger partial charge on any atom is -0.399 e. The number of fused-ring (bicyclic) bond motifs is 2. The van der Waals surface area contributed by atoms with Gasteiger partial charge in [0.25, 0.3) is 5.91 Å². The van der Waals surface area contributed by atoms with Crippen molar-refractivity contribution in [3.05, 3.63) is 16.5 Å². The van der Waals surface area contributed by atoms with Gasteiger partial charge in [0, 0.05) is 16.7 Å². The van der Waals surface area contributed by atoms with E-state index in [1.54, 1.807) is 11.3 Å². The van der Waals surface area contributed by atoms with Crippen molar-refractivity contribution in [2.24, 2.45) is 0 Å². The van der Waals surface area contributed by atoms with Gasteiger partial charge in [0.2, 0.25) is 0 Å². The van der Waals surface area contributed by atoms with E-state index in [-0.39, 0.29) is 29.8 Å². The highest BCUT2D eigenvalue weighted by atomic mass is 32.1. The van der Waals surface area contributed by atoms with E-state index in [1.165, 1.54) is 4.88 Å². The first-order valence-electron chi connectivity index (χ1n) is 7.46. The number of nitrogens with zero attached hydrogens (tertiary/aromatic N) is 1. The highest BCUT2D eigenvalue weighted by molar-refractivity contribution is 7.23. The van der Waals surface area contributed by atoms with Crippen molar-refractivity contribution in [2.45, 2.75) is 57.3 Å². The molecular weight excluding hydrogens is 285 g/mol.